The van der Waals surface area contributed by atoms with Crippen LogP contribution in [0.15, 0.2) is 4.99 Å². The molecule has 0 spiro atoms. The van der Waals surface area contributed by atoms with Gasteiger partial charge in [-0.15, -0.1) is 24.0 Å². The van der Waals surface area contributed by atoms with Gasteiger partial charge in [0.1, 0.15) is 0 Å². The van der Waals surface area contributed by atoms with Crippen LogP contribution >= 0.6 is 24.0 Å². The van der Waals surface area contributed by atoms with E-state index in [9.17, 15) is 4.79 Å². The topological polar surface area (TPSA) is 60.0 Å². The number of rotatable bonds is 9. The van der Waals surface area contributed by atoms with Crippen molar-refractivity contribution in [2.24, 2.45) is 10.9 Å². The Balaban J connectivity index is 0.00000364. The Morgan fingerprint density at radius 3 is 2.78 bits per heavy atom. The van der Waals surface area contributed by atoms with Gasteiger partial charge in [0, 0.05) is 45.7 Å². The molecule has 0 aromatic rings. The summed E-state index contributed by atoms with van der Waals surface area (Å²) in [5.41, 5.74) is 0. The van der Waals surface area contributed by atoms with E-state index in [-0.39, 0.29) is 24.0 Å². The fraction of sp³-hybridized carbons (Fsp3) is 0.900. The average molecular weight is 493 g/mol. The average Bonchev–Trinajstić information content (AvgIpc) is 2.98. The first-order valence-electron chi connectivity index (χ1n) is 10.7. The summed E-state index contributed by atoms with van der Waals surface area (Å²) in [6, 6.07) is 0. The van der Waals surface area contributed by atoms with Crippen LogP contribution in [0, 0.1) is 5.92 Å². The number of nitrogens with one attached hydrogen (secondary N) is 2. The lowest BCUT2D eigenvalue weighted by molar-refractivity contribution is -0.130. The lowest BCUT2D eigenvalue weighted by Crippen LogP contribution is -2.39. The molecule has 0 aromatic heterocycles. The summed E-state index contributed by atoms with van der Waals surface area (Å²) >= 11 is 0. The number of likely N-dealkylation sites (tertiary alicyclic amines) is 2. The normalized spacial score (nSPS) is 21.7. The third kappa shape index (κ3) is 9.45. The maximum atomic E-state index is 12.0. The summed E-state index contributed by atoms with van der Waals surface area (Å²) in [6.45, 7) is 12.4. The molecule has 2 heterocycles. The molecule has 2 fully saturated rings. The molecule has 2 aliphatic rings. The van der Waals surface area contributed by atoms with Gasteiger partial charge in [-0.3, -0.25) is 9.79 Å². The van der Waals surface area contributed by atoms with Crippen molar-refractivity contribution in [3.05, 3.63) is 0 Å². The smallest absolute Gasteiger partial charge is 0.222 e. The van der Waals surface area contributed by atoms with Crippen LogP contribution in [0.25, 0.3) is 0 Å². The van der Waals surface area contributed by atoms with Crippen molar-refractivity contribution in [1.29, 1.82) is 0 Å². The maximum Gasteiger partial charge on any atom is 0.222 e. The van der Waals surface area contributed by atoms with Crippen molar-refractivity contribution in [3.63, 3.8) is 0 Å². The standard InChI is InChI=1S/C20H39N5O.HI/c1-3-12-24-15-10-18(17-24)16-23-20(21-4-2)22-11-8-14-25-13-7-5-6-9-19(25)26;/h18H,3-17H2,1-2H3,(H2,21,22,23);1H. The van der Waals surface area contributed by atoms with Crippen molar-refractivity contribution < 1.29 is 4.79 Å². The quantitative estimate of drug-likeness (QED) is 0.225. The zero-order valence-electron chi connectivity index (χ0n) is 17.3. The maximum absolute atomic E-state index is 12.0. The first kappa shape index (κ1) is 24.5. The Hall–Kier alpha value is -0.570. The molecule has 1 amide bonds. The Morgan fingerprint density at radius 2 is 2.00 bits per heavy atom. The SMILES string of the molecule is CCCN1CCC(CN=C(NCC)NCCCN2CCCCCC2=O)C1.I. The minimum Gasteiger partial charge on any atom is -0.357 e. The molecule has 2 aliphatic heterocycles. The fourth-order valence-corrected chi connectivity index (χ4v) is 3.90. The van der Waals surface area contributed by atoms with E-state index < -0.39 is 0 Å². The van der Waals surface area contributed by atoms with Gasteiger partial charge in [0.05, 0.1) is 0 Å². The number of hydrogen-bond acceptors (Lipinski definition) is 3. The Labute approximate surface area is 182 Å². The van der Waals surface area contributed by atoms with Crippen LogP contribution in [0.2, 0.25) is 0 Å². The van der Waals surface area contributed by atoms with Gasteiger partial charge in [0.15, 0.2) is 5.96 Å². The first-order chi connectivity index (χ1) is 12.7. The van der Waals surface area contributed by atoms with Gasteiger partial charge in [-0.2, -0.15) is 0 Å². The van der Waals surface area contributed by atoms with E-state index in [1.54, 1.807) is 0 Å². The molecule has 1 atom stereocenters. The third-order valence-corrected chi connectivity index (χ3v) is 5.33. The molecule has 0 saturated carbocycles. The largest absolute Gasteiger partial charge is 0.357 e. The van der Waals surface area contributed by atoms with E-state index >= 15 is 0 Å². The molecule has 0 aromatic carbocycles. The van der Waals surface area contributed by atoms with Crippen LogP contribution in [-0.2, 0) is 4.79 Å². The first-order valence-corrected chi connectivity index (χ1v) is 10.7. The number of carbonyl (C=O) groups is 1. The van der Waals surface area contributed by atoms with Crippen molar-refractivity contribution in [2.45, 2.75) is 58.8 Å². The monoisotopic (exact) mass is 493 g/mol. The molecule has 7 heteroatoms. The number of hydrogen-bond donors (Lipinski definition) is 2. The molecule has 27 heavy (non-hydrogen) atoms. The highest BCUT2D eigenvalue weighted by molar-refractivity contribution is 14.0. The van der Waals surface area contributed by atoms with E-state index in [2.05, 4.69) is 29.4 Å². The summed E-state index contributed by atoms with van der Waals surface area (Å²) in [7, 11) is 0. The van der Waals surface area contributed by atoms with Crippen LogP contribution in [-0.4, -0.2) is 74.0 Å². The Bertz CT molecular complexity index is 446. The summed E-state index contributed by atoms with van der Waals surface area (Å²) in [4.78, 5) is 21.4. The van der Waals surface area contributed by atoms with E-state index in [4.69, 9.17) is 4.99 Å². The fourth-order valence-electron chi connectivity index (χ4n) is 3.90. The van der Waals surface area contributed by atoms with Gasteiger partial charge in [0.2, 0.25) is 5.91 Å². The van der Waals surface area contributed by atoms with Crippen molar-refractivity contribution >= 4 is 35.8 Å². The van der Waals surface area contributed by atoms with Crippen LogP contribution in [0.1, 0.15) is 58.8 Å². The summed E-state index contributed by atoms with van der Waals surface area (Å²) in [5.74, 6) is 1.94. The Morgan fingerprint density at radius 1 is 1.15 bits per heavy atom. The highest BCUT2D eigenvalue weighted by Gasteiger charge is 2.21. The van der Waals surface area contributed by atoms with E-state index in [0.29, 0.717) is 11.8 Å². The van der Waals surface area contributed by atoms with Gasteiger partial charge in [-0.1, -0.05) is 13.3 Å². The predicted molar refractivity (Wildman–Crippen MR) is 124 cm³/mol. The van der Waals surface area contributed by atoms with Gasteiger partial charge in [-0.05, 0) is 58.0 Å². The molecule has 6 nitrogen and oxygen atoms in total. The van der Waals surface area contributed by atoms with Crippen LogP contribution < -0.4 is 10.6 Å². The van der Waals surface area contributed by atoms with Crippen LogP contribution in [0.4, 0.5) is 0 Å². The molecular formula is C20H40IN5O. The second-order valence-corrected chi connectivity index (χ2v) is 7.65. The number of guanidine groups is 1. The van der Waals surface area contributed by atoms with Gasteiger partial charge in [0.25, 0.3) is 0 Å². The summed E-state index contributed by atoms with van der Waals surface area (Å²) < 4.78 is 0. The molecule has 2 saturated heterocycles. The van der Waals surface area contributed by atoms with Crippen LogP contribution in [0.5, 0.6) is 0 Å². The van der Waals surface area contributed by atoms with E-state index in [1.165, 1.54) is 38.9 Å². The lowest BCUT2D eigenvalue weighted by atomic mass is 10.1. The molecule has 1 unspecified atom stereocenters. The highest BCUT2D eigenvalue weighted by atomic mass is 127. The van der Waals surface area contributed by atoms with E-state index in [1.807, 2.05) is 4.90 Å². The second kappa shape index (κ2) is 14.4. The molecule has 2 N–H and O–H groups in total. The van der Waals surface area contributed by atoms with Gasteiger partial charge >= 0.3 is 0 Å². The molecule has 2 rings (SSSR count). The molecular weight excluding hydrogens is 453 g/mol. The van der Waals surface area contributed by atoms with Crippen molar-refractivity contribution in [3.8, 4) is 0 Å². The van der Waals surface area contributed by atoms with Crippen molar-refractivity contribution in [2.75, 3.05) is 52.4 Å². The number of halogens is 1. The van der Waals surface area contributed by atoms with Gasteiger partial charge < -0.3 is 20.4 Å². The zero-order valence-corrected chi connectivity index (χ0v) is 19.7. The number of aliphatic imine (C=N–C) groups is 1. The number of carbonyl (C=O) groups excluding carboxylic acids is 1. The van der Waals surface area contributed by atoms with Crippen LogP contribution in [0.3, 0.4) is 0 Å². The predicted octanol–water partition coefficient (Wildman–Crippen LogP) is 2.68. The molecule has 0 bridgehead atoms. The molecule has 158 valence electrons. The number of nitrogens with zero attached hydrogens (tertiary/aromatic N) is 3. The lowest BCUT2D eigenvalue weighted by Gasteiger charge is -2.21. The Kier molecular flexibility index (Phi) is 13.1. The third-order valence-electron chi connectivity index (χ3n) is 5.33. The highest BCUT2D eigenvalue weighted by Crippen LogP contribution is 2.16. The zero-order chi connectivity index (χ0) is 18.6. The molecule has 0 aliphatic carbocycles. The second-order valence-electron chi connectivity index (χ2n) is 7.65. The minimum absolute atomic E-state index is 0. The summed E-state index contributed by atoms with van der Waals surface area (Å²) in [6.07, 6.45) is 7.60. The number of amides is 1. The minimum atomic E-state index is 0. The van der Waals surface area contributed by atoms with Crippen molar-refractivity contribution in [1.82, 2.24) is 20.4 Å². The van der Waals surface area contributed by atoms with Gasteiger partial charge in [-0.25, -0.2) is 0 Å². The van der Waals surface area contributed by atoms with E-state index in [0.717, 1.165) is 64.4 Å². The summed E-state index contributed by atoms with van der Waals surface area (Å²) in [5, 5.41) is 6.78. The molecule has 0 radical (unpaired) electrons.